The van der Waals surface area contributed by atoms with Crippen molar-refractivity contribution < 1.29 is 23.9 Å². The Hall–Kier alpha value is -5.33. The van der Waals surface area contributed by atoms with E-state index < -0.39 is 16.8 Å². The molecule has 0 spiro atoms. The number of rotatable bonds is 7. The number of nitro groups is 1. The minimum Gasteiger partial charge on any atom is -0.489 e. The van der Waals surface area contributed by atoms with Gasteiger partial charge < -0.3 is 19.9 Å². The lowest BCUT2D eigenvalue weighted by molar-refractivity contribution is -0.384. The second-order valence-electron chi connectivity index (χ2n) is 8.78. The number of non-ortho nitro benzene ring substituents is 1. The summed E-state index contributed by atoms with van der Waals surface area (Å²) in [7, 11) is 0. The minimum absolute atomic E-state index is 0.00640. The maximum atomic E-state index is 12.7. The molecule has 5 rings (SSSR count). The summed E-state index contributed by atoms with van der Waals surface area (Å²) in [5.74, 6) is -0.433. The molecule has 1 heterocycles. The van der Waals surface area contributed by atoms with E-state index in [-0.39, 0.29) is 33.5 Å². The molecule has 4 aromatic rings. The zero-order valence-corrected chi connectivity index (χ0v) is 21.5. The number of ether oxygens (including phenoxy) is 3. The molecule has 0 bridgehead atoms. The number of hydrogen-bond donors (Lipinski definition) is 1. The van der Waals surface area contributed by atoms with E-state index in [0.717, 1.165) is 17.2 Å². The van der Waals surface area contributed by atoms with Gasteiger partial charge in [-0.25, -0.2) is 4.79 Å². The molecule has 0 amide bonds. The van der Waals surface area contributed by atoms with E-state index in [2.05, 4.69) is 6.07 Å². The number of nitro benzene ring substituents is 1. The fourth-order valence-corrected chi connectivity index (χ4v) is 4.48. The summed E-state index contributed by atoms with van der Waals surface area (Å²) in [5, 5.41) is 20.9. The summed E-state index contributed by atoms with van der Waals surface area (Å²) >= 11 is 6.07. The number of halogens is 1. The highest BCUT2D eigenvalue weighted by molar-refractivity contribution is 6.33. The van der Waals surface area contributed by atoms with Gasteiger partial charge in [0.05, 0.1) is 21.4 Å². The zero-order chi connectivity index (χ0) is 28.2. The van der Waals surface area contributed by atoms with Crippen LogP contribution in [-0.4, -0.2) is 10.9 Å². The molecule has 0 radical (unpaired) electrons. The summed E-state index contributed by atoms with van der Waals surface area (Å²) in [5.41, 5.74) is 8.33. The van der Waals surface area contributed by atoms with Gasteiger partial charge in [-0.2, -0.15) is 5.26 Å². The van der Waals surface area contributed by atoms with Crippen molar-refractivity contribution in [2.45, 2.75) is 12.5 Å². The van der Waals surface area contributed by atoms with Gasteiger partial charge in [-0.05, 0) is 35.4 Å². The number of allylic oxidation sites excluding steroid dienone is 1. The van der Waals surface area contributed by atoms with Crippen molar-refractivity contribution in [3.05, 3.63) is 140 Å². The van der Waals surface area contributed by atoms with Crippen LogP contribution in [0.5, 0.6) is 17.2 Å². The molecule has 198 valence electrons. The molecule has 1 aliphatic heterocycles. The smallest absolute Gasteiger partial charge is 0.345 e. The molecule has 9 nitrogen and oxygen atoms in total. The topological polar surface area (TPSA) is 138 Å². The molecular formula is C30H20ClN3O6. The summed E-state index contributed by atoms with van der Waals surface area (Å²) < 4.78 is 17.0. The van der Waals surface area contributed by atoms with Gasteiger partial charge in [0.25, 0.3) is 5.69 Å². The van der Waals surface area contributed by atoms with E-state index in [0.29, 0.717) is 23.7 Å². The number of nitrogens with zero attached hydrogens (tertiary/aromatic N) is 2. The number of nitrogens with two attached hydrogens (primary N) is 1. The molecular weight excluding hydrogens is 534 g/mol. The van der Waals surface area contributed by atoms with Crippen LogP contribution < -0.4 is 19.9 Å². The van der Waals surface area contributed by atoms with Crippen LogP contribution >= 0.6 is 11.6 Å². The van der Waals surface area contributed by atoms with Crippen LogP contribution in [0, 0.1) is 21.4 Å². The third-order valence-corrected chi connectivity index (χ3v) is 6.57. The van der Waals surface area contributed by atoms with Crippen LogP contribution in [0.4, 0.5) is 5.69 Å². The van der Waals surface area contributed by atoms with E-state index in [1.807, 2.05) is 54.6 Å². The predicted molar refractivity (Wildman–Crippen MR) is 146 cm³/mol. The zero-order valence-electron chi connectivity index (χ0n) is 20.7. The van der Waals surface area contributed by atoms with Crippen molar-refractivity contribution in [1.29, 1.82) is 5.26 Å². The first kappa shape index (κ1) is 26.3. The quantitative estimate of drug-likeness (QED) is 0.122. The fraction of sp³-hybridized carbons (Fsp3) is 0.0667. The monoisotopic (exact) mass is 553 g/mol. The van der Waals surface area contributed by atoms with Crippen LogP contribution in [0.3, 0.4) is 0 Å². The third-order valence-electron chi connectivity index (χ3n) is 6.24. The maximum Gasteiger partial charge on any atom is 0.345 e. The standard InChI is InChI=1S/C30H20ClN3O6/c31-26-13-8-20(34(36)37)14-24(26)30(35)39-22-11-12-23-27(15-22)40-29(33)25(16-32)28(23)19-6-9-21(10-7-19)38-17-18-4-2-1-3-5-18/h1-15,28H,17,33H2. The third kappa shape index (κ3) is 5.43. The summed E-state index contributed by atoms with van der Waals surface area (Å²) in [6, 6.07) is 27.4. The van der Waals surface area contributed by atoms with Gasteiger partial charge >= 0.3 is 5.97 Å². The van der Waals surface area contributed by atoms with Crippen molar-refractivity contribution >= 4 is 23.3 Å². The van der Waals surface area contributed by atoms with Crippen LogP contribution in [0.1, 0.15) is 33.0 Å². The van der Waals surface area contributed by atoms with Gasteiger partial charge in [-0.1, -0.05) is 60.1 Å². The van der Waals surface area contributed by atoms with Gasteiger partial charge in [0.2, 0.25) is 5.88 Å². The van der Waals surface area contributed by atoms with E-state index in [4.69, 9.17) is 31.5 Å². The Morgan fingerprint density at radius 3 is 2.45 bits per heavy atom. The van der Waals surface area contributed by atoms with Gasteiger partial charge in [0, 0.05) is 23.8 Å². The SMILES string of the molecule is N#CC1=C(N)Oc2cc(OC(=O)c3cc([N+](=O)[O-])ccc3Cl)ccc2C1c1ccc(OCc2ccccc2)cc1. The van der Waals surface area contributed by atoms with Gasteiger partial charge in [-0.3, -0.25) is 10.1 Å². The lowest BCUT2D eigenvalue weighted by Gasteiger charge is -2.26. The Kier molecular flexibility index (Phi) is 7.35. The largest absolute Gasteiger partial charge is 0.489 e. The van der Waals surface area contributed by atoms with Crippen LogP contribution in [-0.2, 0) is 6.61 Å². The molecule has 10 heteroatoms. The number of carbonyl (C=O) groups excluding carboxylic acids is 1. The first-order chi connectivity index (χ1) is 19.3. The lowest BCUT2D eigenvalue weighted by atomic mass is 9.83. The second-order valence-corrected chi connectivity index (χ2v) is 9.19. The Labute approximate surface area is 233 Å². The van der Waals surface area contributed by atoms with E-state index >= 15 is 0 Å². The molecule has 1 unspecified atom stereocenters. The lowest BCUT2D eigenvalue weighted by Crippen LogP contribution is -2.21. The van der Waals surface area contributed by atoms with Gasteiger partial charge in [0.1, 0.15) is 35.5 Å². The molecule has 0 fully saturated rings. The number of hydrogen-bond acceptors (Lipinski definition) is 8. The summed E-state index contributed by atoms with van der Waals surface area (Å²) in [6.45, 7) is 0.416. The van der Waals surface area contributed by atoms with Gasteiger partial charge in [-0.15, -0.1) is 0 Å². The average molecular weight is 554 g/mol. The normalized spacial score (nSPS) is 13.9. The summed E-state index contributed by atoms with van der Waals surface area (Å²) in [4.78, 5) is 23.2. The van der Waals surface area contributed by atoms with Crippen molar-refractivity contribution in [3.63, 3.8) is 0 Å². The molecule has 0 aromatic heterocycles. The Morgan fingerprint density at radius 1 is 1.02 bits per heavy atom. The Balaban J connectivity index is 1.39. The molecule has 1 aliphatic rings. The highest BCUT2D eigenvalue weighted by Crippen LogP contribution is 2.43. The molecule has 0 saturated heterocycles. The van der Waals surface area contributed by atoms with Crippen molar-refractivity contribution in [3.8, 4) is 23.3 Å². The minimum atomic E-state index is -0.881. The van der Waals surface area contributed by atoms with E-state index in [9.17, 15) is 20.2 Å². The summed E-state index contributed by atoms with van der Waals surface area (Å²) in [6.07, 6.45) is 0. The second kappa shape index (κ2) is 11.2. The Morgan fingerprint density at radius 2 is 1.75 bits per heavy atom. The molecule has 0 aliphatic carbocycles. The number of nitriles is 1. The van der Waals surface area contributed by atoms with Crippen molar-refractivity contribution in [1.82, 2.24) is 0 Å². The molecule has 2 N–H and O–H groups in total. The molecule has 4 aromatic carbocycles. The highest BCUT2D eigenvalue weighted by Gasteiger charge is 2.31. The van der Waals surface area contributed by atoms with Crippen LogP contribution in [0.15, 0.2) is 102 Å². The van der Waals surface area contributed by atoms with Crippen molar-refractivity contribution in [2.75, 3.05) is 0 Å². The fourth-order valence-electron chi connectivity index (χ4n) is 4.28. The number of carbonyl (C=O) groups is 1. The van der Waals surface area contributed by atoms with Crippen LogP contribution in [0.25, 0.3) is 0 Å². The Bertz CT molecular complexity index is 1680. The van der Waals surface area contributed by atoms with Crippen LogP contribution in [0.2, 0.25) is 5.02 Å². The van der Waals surface area contributed by atoms with E-state index in [1.54, 1.807) is 6.07 Å². The maximum absolute atomic E-state index is 12.7. The molecule has 0 saturated carbocycles. The molecule has 1 atom stereocenters. The number of fused-ring (bicyclic) bond motifs is 1. The molecule has 40 heavy (non-hydrogen) atoms. The number of esters is 1. The average Bonchev–Trinajstić information content (AvgIpc) is 2.96. The predicted octanol–water partition coefficient (Wildman–Crippen LogP) is 6.26. The van der Waals surface area contributed by atoms with E-state index in [1.165, 1.54) is 24.3 Å². The van der Waals surface area contributed by atoms with Crippen molar-refractivity contribution in [2.24, 2.45) is 5.73 Å². The van der Waals surface area contributed by atoms with Gasteiger partial charge in [0.15, 0.2) is 0 Å². The first-order valence-electron chi connectivity index (χ1n) is 12.0. The first-order valence-corrected chi connectivity index (χ1v) is 12.4. The highest BCUT2D eigenvalue weighted by atomic mass is 35.5. The number of benzene rings is 4.